The Morgan fingerprint density at radius 2 is 1.97 bits per heavy atom. The standard InChI is InChI=1S/C22H24Cl2N4O5/c23-13-8-15(21(32)16(24)9-13)17(10-20(30)31)28-19(29)11-26-22(33)12-3-1-4-14(7-12)27-18-5-2-6-25-18/h1,3-4,7-9,17-18,25,27,32H,2,5-6,10-11H2,(H,26,33)(H,28,29)(H,30,31). The Morgan fingerprint density at radius 3 is 2.67 bits per heavy atom. The third kappa shape index (κ3) is 6.98. The monoisotopic (exact) mass is 494 g/mol. The molecule has 11 heteroatoms. The molecule has 2 unspecified atom stereocenters. The molecule has 1 aliphatic rings. The van der Waals surface area contributed by atoms with E-state index < -0.39 is 36.8 Å². The maximum Gasteiger partial charge on any atom is 0.305 e. The average Bonchev–Trinajstić information content (AvgIpc) is 3.27. The van der Waals surface area contributed by atoms with Crippen LogP contribution in [-0.2, 0) is 9.59 Å². The van der Waals surface area contributed by atoms with Crippen molar-refractivity contribution in [1.82, 2.24) is 16.0 Å². The number of hydrogen-bond acceptors (Lipinski definition) is 6. The maximum absolute atomic E-state index is 12.5. The van der Waals surface area contributed by atoms with E-state index in [4.69, 9.17) is 23.2 Å². The molecule has 6 N–H and O–H groups in total. The molecular weight excluding hydrogens is 471 g/mol. The van der Waals surface area contributed by atoms with Gasteiger partial charge in [-0.3, -0.25) is 19.7 Å². The lowest BCUT2D eigenvalue weighted by Gasteiger charge is -2.20. The Balaban J connectivity index is 1.62. The SMILES string of the molecule is O=C(O)CC(NC(=O)CNC(=O)c1cccc(NC2CCCN2)c1)c1cc(Cl)cc(Cl)c1O. The predicted octanol–water partition coefficient (Wildman–Crippen LogP) is 2.88. The first-order valence-corrected chi connectivity index (χ1v) is 11.1. The molecule has 0 bridgehead atoms. The molecule has 1 aliphatic heterocycles. The molecule has 9 nitrogen and oxygen atoms in total. The normalized spacial score (nSPS) is 16.1. The number of nitrogens with one attached hydrogen (secondary N) is 4. The molecule has 2 atom stereocenters. The van der Waals surface area contributed by atoms with Gasteiger partial charge in [0.2, 0.25) is 5.91 Å². The topological polar surface area (TPSA) is 140 Å². The van der Waals surface area contributed by atoms with Crippen LogP contribution in [0.1, 0.15) is 41.2 Å². The molecule has 1 heterocycles. The Kier molecular flexibility index (Phi) is 8.37. The van der Waals surface area contributed by atoms with Crippen molar-refractivity contribution >= 4 is 46.7 Å². The number of phenolic OH excluding ortho intramolecular Hbond substituents is 1. The minimum atomic E-state index is -1.21. The number of rotatable bonds is 9. The van der Waals surface area contributed by atoms with Gasteiger partial charge in [-0.25, -0.2) is 0 Å². The smallest absolute Gasteiger partial charge is 0.305 e. The van der Waals surface area contributed by atoms with Gasteiger partial charge in [0.1, 0.15) is 5.75 Å². The molecule has 0 spiro atoms. The molecule has 0 aliphatic carbocycles. The van der Waals surface area contributed by atoms with Gasteiger partial charge in [0.25, 0.3) is 5.91 Å². The first-order chi connectivity index (χ1) is 15.7. The second kappa shape index (κ2) is 11.2. The van der Waals surface area contributed by atoms with E-state index in [0.29, 0.717) is 5.56 Å². The van der Waals surface area contributed by atoms with Crippen molar-refractivity contribution in [2.45, 2.75) is 31.5 Å². The number of aromatic hydroxyl groups is 1. The fraction of sp³-hybridized carbons (Fsp3) is 0.318. The highest BCUT2D eigenvalue weighted by molar-refractivity contribution is 6.35. The third-order valence-electron chi connectivity index (χ3n) is 5.08. The largest absolute Gasteiger partial charge is 0.506 e. The number of carbonyl (C=O) groups excluding carboxylic acids is 2. The van der Waals surface area contributed by atoms with Crippen molar-refractivity contribution in [2.24, 2.45) is 0 Å². The van der Waals surface area contributed by atoms with Crippen LogP contribution >= 0.6 is 23.2 Å². The van der Waals surface area contributed by atoms with Gasteiger partial charge in [-0.15, -0.1) is 0 Å². The number of hydrogen-bond donors (Lipinski definition) is 6. The van der Waals surface area contributed by atoms with Crippen LogP contribution in [0, 0.1) is 0 Å². The van der Waals surface area contributed by atoms with Crippen LogP contribution in [0.5, 0.6) is 5.75 Å². The molecule has 2 aromatic rings. The Hall–Kier alpha value is -3.01. The van der Waals surface area contributed by atoms with Crippen molar-refractivity contribution < 1.29 is 24.6 Å². The summed E-state index contributed by atoms with van der Waals surface area (Å²) in [6.07, 6.45) is 1.69. The van der Waals surface area contributed by atoms with Crippen LogP contribution in [0.15, 0.2) is 36.4 Å². The van der Waals surface area contributed by atoms with E-state index in [9.17, 15) is 24.6 Å². The number of carboxylic acid groups (broad SMARTS) is 1. The number of aliphatic carboxylic acids is 1. The van der Waals surface area contributed by atoms with E-state index in [2.05, 4.69) is 21.3 Å². The van der Waals surface area contributed by atoms with Crippen LogP contribution in [0.3, 0.4) is 0 Å². The second-order valence-electron chi connectivity index (χ2n) is 7.60. The summed E-state index contributed by atoms with van der Waals surface area (Å²) in [5, 5.41) is 31.1. The molecule has 1 fully saturated rings. The first-order valence-electron chi connectivity index (χ1n) is 10.3. The predicted molar refractivity (Wildman–Crippen MR) is 125 cm³/mol. The lowest BCUT2D eigenvalue weighted by atomic mass is 10.0. The van der Waals surface area contributed by atoms with Crippen LogP contribution in [0.2, 0.25) is 10.0 Å². The van der Waals surface area contributed by atoms with Gasteiger partial charge < -0.3 is 26.2 Å². The highest BCUT2D eigenvalue weighted by Gasteiger charge is 2.23. The number of phenols is 1. The van der Waals surface area contributed by atoms with Gasteiger partial charge in [-0.2, -0.15) is 0 Å². The van der Waals surface area contributed by atoms with Crippen LogP contribution in [-0.4, -0.2) is 47.3 Å². The van der Waals surface area contributed by atoms with E-state index in [-0.39, 0.29) is 27.5 Å². The zero-order chi connectivity index (χ0) is 24.0. The van der Waals surface area contributed by atoms with Crippen LogP contribution in [0.25, 0.3) is 0 Å². The Morgan fingerprint density at radius 1 is 1.18 bits per heavy atom. The summed E-state index contributed by atoms with van der Waals surface area (Å²) in [6, 6.07) is 8.42. The van der Waals surface area contributed by atoms with E-state index in [1.807, 2.05) is 6.07 Å². The van der Waals surface area contributed by atoms with Gasteiger partial charge in [0.05, 0.1) is 30.2 Å². The molecule has 176 valence electrons. The Bertz CT molecular complexity index is 1040. The number of benzene rings is 2. The minimum Gasteiger partial charge on any atom is -0.506 e. The van der Waals surface area contributed by atoms with Crippen molar-refractivity contribution in [2.75, 3.05) is 18.4 Å². The summed E-state index contributed by atoms with van der Waals surface area (Å²) < 4.78 is 0. The lowest BCUT2D eigenvalue weighted by molar-refractivity contribution is -0.137. The molecular formula is C22H24Cl2N4O5. The zero-order valence-electron chi connectivity index (χ0n) is 17.5. The van der Waals surface area contributed by atoms with Crippen molar-refractivity contribution in [3.8, 4) is 5.75 Å². The van der Waals surface area contributed by atoms with Gasteiger partial charge in [-0.1, -0.05) is 29.3 Å². The third-order valence-corrected chi connectivity index (χ3v) is 5.59. The molecule has 0 aromatic heterocycles. The highest BCUT2D eigenvalue weighted by Crippen LogP contribution is 2.36. The summed E-state index contributed by atoms with van der Waals surface area (Å²) in [7, 11) is 0. The summed E-state index contributed by atoms with van der Waals surface area (Å²) in [5.74, 6) is -2.69. The number of carboxylic acids is 1. The second-order valence-corrected chi connectivity index (χ2v) is 8.44. The van der Waals surface area contributed by atoms with E-state index in [1.54, 1.807) is 18.2 Å². The molecule has 2 aromatic carbocycles. The summed E-state index contributed by atoms with van der Waals surface area (Å²) in [6.45, 7) is 0.543. The molecule has 3 rings (SSSR count). The summed E-state index contributed by atoms with van der Waals surface area (Å²) in [5.41, 5.74) is 1.21. The maximum atomic E-state index is 12.5. The summed E-state index contributed by atoms with van der Waals surface area (Å²) in [4.78, 5) is 36.2. The minimum absolute atomic E-state index is 0.0638. The number of halogens is 2. The van der Waals surface area contributed by atoms with Gasteiger partial charge in [0, 0.05) is 21.8 Å². The molecule has 33 heavy (non-hydrogen) atoms. The lowest BCUT2D eigenvalue weighted by Crippen LogP contribution is -2.39. The first kappa shape index (κ1) is 24.6. The van der Waals surface area contributed by atoms with Crippen molar-refractivity contribution in [1.29, 1.82) is 0 Å². The molecule has 0 saturated carbocycles. The molecule has 0 radical (unpaired) electrons. The van der Waals surface area contributed by atoms with Crippen molar-refractivity contribution in [3.63, 3.8) is 0 Å². The number of carbonyl (C=O) groups is 3. The van der Waals surface area contributed by atoms with Crippen molar-refractivity contribution in [3.05, 3.63) is 57.6 Å². The summed E-state index contributed by atoms with van der Waals surface area (Å²) >= 11 is 11.9. The average molecular weight is 495 g/mol. The fourth-order valence-corrected chi connectivity index (χ4v) is 4.04. The van der Waals surface area contributed by atoms with Gasteiger partial charge in [0.15, 0.2) is 0 Å². The highest BCUT2D eigenvalue weighted by atomic mass is 35.5. The van der Waals surface area contributed by atoms with Gasteiger partial charge in [-0.05, 0) is 49.7 Å². The number of anilines is 1. The number of amides is 2. The Labute approximate surface area is 200 Å². The fourth-order valence-electron chi connectivity index (χ4n) is 3.53. The quantitative estimate of drug-likeness (QED) is 0.314. The van der Waals surface area contributed by atoms with Gasteiger partial charge >= 0.3 is 5.97 Å². The van der Waals surface area contributed by atoms with Crippen LogP contribution in [0.4, 0.5) is 5.69 Å². The van der Waals surface area contributed by atoms with Crippen LogP contribution < -0.4 is 21.3 Å². The van der Waals surface area contributed by atoms with E-state index in [1.165, 1.54) is 12.1 Å². The van der Waals surface area contributed by atoms with E-state index in [0.717, 1.165) is 25.1 Å². The molecule has 2 amide bonds. The molecule has 1 saturated heterocycles. The van der Waals surface area contributed by atoms with E-state index >= 15 is 0 Å². The zero-order valence-corrected chi connectivity index (χ0v) is 19.0.